The SMILES string of the molecule is C1CC2C(C1)C2c1nc(C2CC2)n[nH]1. The Kier molecular flexibility index (Phi) is 1.27. The molecule has 2 unspecified atom stereocenters. The zero-order chi connectivity index (χ0) is 9.12. The highest BCUT2D eigenvalue weighted by molar-refractivity contribution is 5.19. The molecule has 3 heteroatoms. The third-order valence-corrected chi connectivity index (χ3v) is 4.18. The zero-order valence-electron chi connectivity index (χ0n) is 8.24. The second-order valence-electron chi connectivity index (χ2n) is 5.14. The van der Waals surface area contributed by atoms with Crippen LogP contribution in [0.1, 0.15) is 55.6 Å². The van der Waals surface area contributed by atoms with Gasteiger partial charge >= 0.3 is 0 Å². The predicted octanol–water partition coefficient (Wildman–Crippen LogP) is 2.20. The quantitative estimate of drug-likeness (QED) is 0.774. The van der Waals surface area contributed by atoms with Crippen molar-refractivity contribution in [3.8, 4) is 0 Å². The second kappa shape index (κ2) is 2.38. The Hall–Kier alpha value is -0.860. The molecule has 1 aromatic heterocycles. The molecule has 3 aliphatic rings. The number of H-pyrrole nitrogens is 1. The summed E-state index contributed by atoms with van der Waals surface area (Å²) in [6.07, 6.45) is 6.89. The van der Waals surface area contributed by atoms with Gasteiger partial charge in [0.1, 0.15) is 5.82 Å². The van der Waals surface area contributed by atoms with Crippen molar-refractivity contribution in [1.29, 1.82) is 0 Å². The largest absolute Gasteiger partial charge is 0.263 e. The number of rotatable bonds is 2. The molecule has 0 aromatic carbocycles. The number of aromatic amines is 1. The fraction of sp³-hybridized carbons (Fsp3) is 0.818. The van der Waals surface area contributed by atoms with Crippen molar-refractivity contribution in [3.05, 3.63) is 11.6 Å². The van der Waals surface area contributed by atoms with E-state index in [4.69, 9.17) is 0 Å². The van der Waals surface area contributed by atoms with Crippen molar-refractivity contribution in [3.63, 3.8) is 0 Å². The van der Waals surface area contributed by atoms with E-state index in [1.165, 1.54) is 37.9 Å². The highest BCUT2D eigenvalue weighted by atomic mass is 15.2. The molecule has 4 rings (SSSR count). The average Bonchev–Trinajstić information content (AvgIpc) is 3.07. The van der Waals surface area contributed by atoms with E-state index in [2.05, 4.69) is 15.2 Å². The molecule has 1 heterocycles. The van der Waals surface area contributed by atoms with Gasteiger partial charge in [-0.15, -0.1) is 0 Å². The van der Waals surface area contributed by atoms with Gasteiger partial charge < -0.3 is 0 Å². The van der Waals surface area contributed by atoms with Crippen molar-refractivity contribution in [1.82, 2.24) is 15.2 Å². The Labute approximate surface area is 83.3 Å². The van der Waals surface area contributed by atoms with Crippen LogP contribution in [0.2, 0.25) is 0 Å². The van der Waals surface area contributed by atoms with Crippen molar-refractivity contribution < 1.29 is 0 Å². The topological polar surface area (TPSA) is 41.6 Å². The minimum atomic E-state index is 0.693. The number of hydrogen-bond acceptors (Lipinski definition) is 2. The molecule has 0 radical (unpaired) electrons. The highest BCUT2D eigenvalue weighted by Crippen LogP contribution is 2.62. The Morgan fingerprint density at radius 1 is 1.07 bits per heavy atom. The lowest BCUT2D eigenvalue weighted by Gasteiger charge is -1.96. The summed E-state index contributed by atoms with van der Waals surface area (Å²) in [6, 6.07) is 0. The molecule has 0 spiro atoms. The Morgan fingerprint density at radius 2 is 1.86 bits per heavy atom. The van der Waals surface area contributed by atoms with E-state index in [1.807, 2.05) is 0 Å². The van der Waals surface area contributed by atoms with Gasteiger partial charge in [-0.25, -0.2) is 4.98 Å². The molecular formula is C11H15N3. The number of fused-ring (bicyclic) bond motifs is 1. The fourth-order valence-corrected chi connectivity index (χ4v) is 3.19. The van der Waals surface area contributed by atoms with Crippen molar-refractivity contribution in [2.75, 3.05) is 0 Å². The van der Waals surface area contributed by atoms with Crippen LogP contribution in [0.5, 0.6) is 0 Å². The molecule has 74 valence electrons. The molecule has 0 aliphatic heterocycles. The van der Waals surface area contributed by atoms with E-state index < -0.39 is 0 Å². The maximum absolute atomic E-state index is 4.65. The summed E-state index contributed by atoms with van der Waals surface area (Å²) < 4.78 is 0. The van der Waals surface area contributed by atoms with Crippen LogP contribution < -0.4 is 0 Å². The summed E-state index contributed by atoms with van der Waals surface area (Å²) in [4.78, 5) is 4.65. The second-order valence-corrected chi connectivity index (χ2v) is 5.14. The van der Waals surface area contributed by atoms with Crippen LogP contribution in [0.15, 0.2) is 0 Å². The first-order chi connectivity index (χ1) is 6.93. The van der Waals surface area contributed by atoms with Gasteiger partial charge in [-0.2, -0.15) is 5.10 Å². The first-order valence-electron chi connectivity index (χ1n) is 5.85. The molecular weight excluding hydrogens is 174 g/mol. The van der Waals surface area contributed by atoms with Gasteiger partial charge in [0.25, 0.3) is 0 Å². The molecule has 0 bridgehead atoms. The lowest BCUT2D eigenvalue weighted by atomic mass is 10.1. The summed E-state index contributed by atoms with van der Waals surface area (Å²) in [7, 11) is 0. The molecule has 3 fully saturated rings. The molecule has 3 saturated carbocycles. The minimum absolute atomic E-state index is 0.693. The first kappa shape index (κ1) is 7.43. The zero-order valence-corrected chi connectivity index (χ0v) is 8.24. The summed E-state index contributed by atoms with van der Waals surface area (Å²) in [6.45, 7) is 0. The van der Waals surface area contributed by atoms with E-state index in [0.29, 0.717) is 5.92 Å². The number of nitrogens with zero attached hydrogens (tertiary/aromatic N) is 2. The van der Waals surface area contributed by atoms with Crippen molar-refractivity contribution >= 4 is 0 Å². The molecule has 0 amide bonds. The van der Waals surface area contributed by atoms with Gasteiger partial charge in [0.05, 0.1) is 0 Å². The number of aromatic nitrogens is 3. The van der Waals surface area contributed by atoms with Crippen molar-refractivity contribution in [2.45, 2.75) is 43.9 Å². The minimum Gasteiger partial charge on any atom is -0.263 e. The molecule has 3 aliphatic carbocycles. The standard InChI is InChI=1S/C11H15N3/c1-2-7-8(3-1)9(7)11-12-10(13-14-11)6-4-5-6/h6-9H,1-5H2,(H,12,13,14). The van der Waals surface area contributed by atoms with Gasteiger partial charge in [0.15, 0.2) is 5.82 Å². The van der Waals surface area contributed by atoms with E-state index in [9.17, 15) is 0 Å². The summed E-state index contributed by atoms with van der Waals surface area (Å²) in [5.74, 6) is 5.64. The van der Waals surface area contributed by atoms with Gasteiger partial charge in [-0.3, -0.25) is 5.10 Å². The van der Waals surface area contributed by atoms with Crippen LogP contribution >= 0.6 is 0 Å². The van der Waals surface area contributed by atoms with Crippen LogP contribution in [0.4, 0.5) is 0 Å². The van der Waals surface area contributed by atoms with Crippen LogP contribution in [0.25, 0.3) is 0 Å². The number of nitrogens with one attached hydrogen (secondary N) is 1. The van der Waals surface area contributed by atoms with Crippen LogP contribution in [0.3, 0.4) is 0 Å². The molecule has 0 saturated heterocycles. The Balaban J connectivity index is 1.58. The van der Waals surface area contributed by atoms with Gasteiger partial charge in [-0.05, 0) is 37.5 Å². The molecule has 14 heavy (non-hydrogen) atoms. The van der Waals surface area contributed by atoms with Crippen LogP contribution in [-0.2, 0) is 0 Å². The third-order valence-electron chi connectivity index (χ3n) is 4.18. The fourth-order valence-electron chi connectivity index (χ4n) is 3.19. The molecule has 1 N–H and O–H groups in total. The van der Waals surface area contributed by atoms with Crippen LogP contribution in [-0.4, -0.2) is 15.2 Å². The van der Waals surface area contributed by atoms with E-state index >= 15 is 0 Å². The third kappa shape index (κ3) is 0.928. The van der Waals surface area contributed by atoms with Crippen molar-refractivity contribution in [2.24, 2.45) is 11.8 Å². The smallest absolute Gasteiger partial charge is 0.153 e. The van der Waals surface area contributed by atoms with E-state index in [1.54, 1.807) is 0 Å². The maximum atomic E-state index is 4.65. The number of hydrogen-bond donors (Lipinski definition) is 1. The first-order valence-corrected chi connectivity index (χ1v) is 5.85. The predicted molar refractivity (Wildman–Crippen MR) is 51.9 cm³/mol. The maximum Gasteiger partial charge on any atom is 0.153 e. The normalized spacial score (nSPS) is 39.9. The molecule has 1 aromatic rings. The molecule has 3 nitrogen and oxygen atoms in total. The van der Waals surface area contributed by atoms with Gasteiger partial charge in [-0.1, -0.05) is 6.42 Å². The average molecular weight is 189 g/mol. The lowest BCUT2D eigenvalue weighted by Crippen LogP contribution is -1.90. The highest BCUT2D eigenvalue weighted by Gasteiger charge is 2.55. The van der Waals surface area contributed by atoms with E-state index in [-0.39, 0.29) is 0 Å². The summed E-state index contributed by atoms with van der Waals surface area (Å²) in [5, 5.41) is 7.49. The monoisotopic (exact) mass is 189 g/mol. The lowest BCUT2D eigenvalue weighted by molar-refractivity contribution is 0.659. The summed E-state index contributed by atoms with van der Waals surface area (Å²) in [5.41, 5.74) is 0. The summed E-state index contributed by atoms with van der Waals surface area (Å²) >= 11 is 0. The van der Waals surface area contributed by atoms with Crippen LogP contribution in [0, 0.1) is 11.8 Å². The molecule has 2 atom stereocenters. The van der Waals surface area contributed by atoms with E-state index in [0.717, 1.165) is 23.6 Å². The van der Waals surface area contributed by atoms with Gasteiger partial charge in [0.2, 0.25) is 0 Å². The Morgan fingerprint density at radius 3 is 2.57 bits per heavy atom. The van der Waals surface area contributed by atoms with Gasteiger partial charge in [0, 0.05) is 11.8 Å². The Bertz CT molecular complexity index is 356.